The van der Waals surface area contributed by atoms with Crippen molar-refractivity contribution in [2.75, 3.05) is 0 Å². The van der Waals surface area contributed by atoms with Gasteiger partial charge < -0.3 is 4.74 Å². The molecule has 0 fully saturated rings. The molecule has 0 heterocycles. The maximum Gasteiger partial charge on any atom is 0.307 e. The predicted octanol–water partition coefficient (Wildman–Crippen LogP) is 2.78. The van der Waals surface area contributed by atoms with Crippen LogP contribution in [0.1, 0.15) is 38.7 Å². The Kier molecular flexibility index (Phi) is 6.16. The second-order valence-electron chi connectivity index (χ2n) is 4.43. The van der Waals surface area contributed by atoms with E-state index in [1.165, 1.54) is 12.1 Å². The quantitative estimate of drug-likeness (QED) is 0.440. The van der Waals surface area contributed by atoms with E-state index in [-0.39, 0.29) is 11.3 Å². The molecule has 0 unspecified atom stereocenters. The highest BCUT2D eigenvalue weighted by atomic mass is 32.2. The SMILES string of the molecule is CCC[C@H](OC(=O)CC)OS(=O)(=O)c1ccc(C)cc1. The highest BCUT2D eigenvalue weighted by molar-refractivity contribution is 7.86. The maximum absolute atomic E-state index is 12.1. The number of hydrogen-bond donors (Lipinski definition) is 0. The van der Waals surface area contributed by atoms with Crippen molar-refractivity contribution in [1.29, 1.82) is 0 Å². The lowest BCUT2D eigenvalue weighted by molar-refractivity contribution is -0.163. The standard InChI is InChI=1S/C14H20O5S/c1-4-6-14(18-13(15)5-2)19-20(16,17)12-9-7-11(3)8-10-12/h7-10,14H,4-6H2,1-3H3/t14-/m1/s1. The first kappa shape index (κ1) is 16.7. The molecule has 0 bridgehead atoms. The van der Waals surface area contributed by atoms with Gasteiger partial charge in [0.1, 0.15) is 0 Å². The van der Waals surface area contributed by atoms with Gasteiger partial charge in [0.15, 0.2) is 0 Å². The lowest BCUT2D eigenvalue weighted by Gasteiger charge is -2.17. The van der Waals surface area contributed by atoms with Gasteiger partial charge in [-0.1, -0.05) is 38.0 Å². The Morgan fingerprint density at radius 3 is 2.30 bits per heavy atom. The van der Waals surface area contributed by atoms with Gasteiger partial charge >= 0.3 is 5.97 Å². The number of esters is 1. The fourth-order valence-electron chi connectivity index (χ4n) is 1.49. The predicted molar refractivity (Wildman–Crippen MR) is 74.5 cm³/mol. The maximum atomic E-state index is 12.1. The van der Waals surface area contributed by atoms with E-state index >= 15 is 0 Å². The third-order valence-electron chi connectivity index (χ3n) is 2.62. The smallest absolute Gasteiger partial charge is 0.307 e. The summed E-state index contributed by atoms with van der Waals surface area (Å²) in [5, 5.41) is 0. The van der Waals surface area contributed by atoms with Gasteiger partial charge in [0, 0.05) is 12.8 Å². The van der Waals surface area contributed by atoms with Gasteiger partial charge in [-0.3, -0.25) is 4.79 Å². The summed E-state index contributed by atoms with van der Waals surface area (Å²) in [6.07, 6.45) is 0.0783. The van der Waals surface area contributed by atoms with Gasteiger partial charge in [0.25, 0.3) is 10.1 Å². The molecule has 0 aromatic heterocycles. The average molecular weight is 300 g/mol. The van der Waals surface area contributed by atoms with E-state index in [0.717, 1.165) is 5.56 Å². The Bertz CT molecular complexity index is 533. The molecule has 5 nitrogen and oxygen atoms in total. The van der Waals surface area contributed by atoms with Crippen LogP contribution in [0.5, 0.6) is 0 Å². The van der Waals surface area contributed by atoms with Crippen molar-refractivity contribution in [3.05, 3.63) is 29.8 Å². The van der Waals surface area contributed by atoms with Crippen LogP contribution in [-0.2, 0) is 23.8 Å². The van der Waals surface area contributed by atoms with E-state index in [1.807, 2.05) is 13.8 Å². The van der Waals surface area contributed by atoms with Gasteiger partial charge in [0.05, 0.1) is 4.90 Å². The number of rotatable bonds is 7. The molecule has 112 valence electrons. The first-order chi connectivity index (χ1) is 9.39. The Morgan fingerprint density at radius 1 is 1.20 bits per heavy atom. The number of hydrogen-bond acceptors (Lipinski definition) is 5. The van der Waals surface area contributed by atoms with Crippen LogP contribution < -0.4 is 0 Å². The van der Waals surface area contributed by atoms with Crippen molar-refractivity contribution in [3.8, 4) is 0 Å². The van der Waals surface area contributed by atoms with Crippen molar-refractivity contribution < 1.29 is 22.1 Å². The zero-order valence-electron chi connectivity index (χ0n) is 12.0. The van der Waals surface area contributed by atoms with Crippen molar-refractivity contribution in [3.63, 3.8) is 0 Å². The third-order valence-corrected chi connectivity index (χ3v) is 3.94. The molecular formula is C14H20O5S. The number of aryl methyl sites for hydroxylation is 1. The van der Waals surface area contributed by atoms with E-state index in [1.54, 1.807) is 19.1 Å². The molecular weight excluding hydrogens is 280 g/mol. The van der Waals surface area contributed by atoms with Gasteiger partial charge in [0.2, 0.25) is 6.29 Å². The topological polar surface area (TPSA) is 69.7 Å². The van der Waals surface area contributed by atoms with Crippen molar-refractivity contribution in [1.82, 2.24) is 0 Å². The van der Waals surface area contributed by atoms with E-state index < -0.39 is 22.4 Å². The molecule has 0 aliphatic carbocycles. The zero-order chi connectivity index (χ0) is 15.2. The number of ether oxygens (including phenoxy) is 1. The average Bonchev–Trinajstić information content (AvgIpc) is 2.38. The Morgan fingerprint density at radius 2 is 1.80 bits per heavy atom. The van der Waals surface area contributed by atoms with Crippen LogP contribution in [-0.4, -0.2) is 20.7 Å². The zero-order valence-corrected chi connectivity index (χ0v) is 12.8. The Balaban J connectivity index is 2.85. The summed E-state index contributed by atoms with van der Waals surface area (Å²) in [7, 11) is -3.93. The highest BCUT2D eigenvalue weighted by Gasteiger charge is 2.23. The molecule has 1 rings (SSSR count). The number of carbonyl (C=O) groups excluding carboxylic acids is 1. The van der Waals surface area contributed by atoms with Gasteiger partial charge in [-0.2, -0.15) is 8.42 Å². The van der Waals surface area contributed by atoms with Gasteiger partial charge in [-0.25, -0.2) is 4.18 Å². The largest absolute Gasteiger partial charge is 0.434 e. The molecule has 1 aromatic carbocycles. The lowest BCUT2D eigenvalue weighted by Crippen LogP contribution is -2.24. The van der Waals surface area contributed by atoms with E-state index in [4.69, 9.17) is 8.92 Å². The summed E-state index contributed by atoms with van der Waals surface area (Å²) in [5.41, 5.74) is 0.950. The molecule has 0 aliphatic rings. The van der Waals surface area contributed by atoms with Crippen LogP contribution in [0.2, 0.25) is 0 Å². The van der Waals surface area contributed by atoms with Crippen molar-refractivity contribution in [2.45, 2.75) is 51.2 Å². The molecule has 0 aliphatic heterocycles. The first-order valence-electron chi connectivity index (χ1n) is 6.58. The third kappa shape index (κ3) is 4.94. The summed E-state index contributed by atoms with van der Waals surface area (Å²) in [5.74, 6) is -0.484. The van der Waals surface area contributed by atoms with Crippen molar-refractivity contribution >= 4 is 16.1 Å². The Hall–Kier alpha value is -1.40. The Labute approximate surface area is 120 Å². The second kappa shape index (κ2) is 7.40. The van der Waals surface area contributed by atoms with Gasteiger partial charge in [-0.15, -0.1) is 0 Å². The molecule has 6 heteroatoms. The summed E-state index contributed by atoms with van der Waals surface area (Å²) in [4.78, 5) is 11.3. The minimum Gasteiger partial charge on any atom is -0.434 e. The molecule has 0 amide bonds. The number of carbonyl (C=O) groups is 1. The van der Waals surface area contributed by atoms with Crippen LogP contribution in [0.15, 0.2) is 29.2 Å². The first-order valence-corrected chi connectivity index (χ1v) is 7.99. The van der Waals surface area contributed by atoms with Crippen LogP contribution in [0.3, 0.4) is 0 Å². The van der Waals surface area contributed by atoms with Crippen molar-refractivity contribution in [2.24, 2.45) is 0 Å². The number of benzene rings is 1. The molecule has 0 spiro atoms. The summed E-state index contributed by atoms with van der Waals surface area (Å²) >= 11 is 0. The highest BCUT2D eigenvalue weighted by Crippen LogP contribution is 2.18. The van der Waals surface area contributed by atoms with Crippen LogP contribution in [0.4, 0.5) is 0 Å². The summed E-state index contributed by atoms with van der Waals surface area (Å²) < 4.78 is 34.2. The fraction of sp³-hybridized carbons (Fsp3) is 0.500. The summed E-state index contributed by atoms with van der Waals surface area (Å²) in [6, 6.07) is 6.30. The molecule has 1 atom stereocenters. The van der Waals surface area contributed by atoms with Gasteiger partial charge in [-0.05, 0) is 19.1 Å². The lowest BCUT2D eigenvalue weighted by atomic mass is 10.2. The summed E-state index contributed by atoms with van der Waals surface area (Å²) in [6.45, 7) is 5.36. The van der Waals surface area contributed by atoms with E-state index in [0.29, 0.717) is 12.8 Å². The molecule has 0 saturated heterocycles. The minimum absolute atomic E-state index is 0.0525. The minimum atomic E-state index is -3.93. The molecule has 0 saturated carbocycles. The molecule has 20 heavy (non-hydrogen) atoms. The molecule has 0 radical (unpaired) electrons. The fourth-order valence-corrected chi connectivity index (χ4v) is 2.49. The van der Waals surface area contributed by atoms with Crippen LogP contribution in [0.25, 0.3) is 0 Å². The normalized spacial score (nSPS) is 12.9. The molecule has 1 aromatic rings. The van der Waals surface area contributed by atoms with E-state index in [9.17, 15) is 13.2 Å². The van der Waals surface area contributed by atoms with Crippen LogP contribution >= 0.6 is 0 Å². The van der Waals surface area contributed by atoms with Crippen LogP contribution in [0, 0.1) is 6.92 Å². The second-order valence-corrected chi connectivity index (χ2v) is 6.00. The monoisotopic (exact) mass is 300 g/mol. The molecule has 0 N–H and O–H groups in total. The van der Waals surface area contributed by atoms with E-state index in [2.05, 4.69) is 0 Å².